The number of sulfonamides is 1. The van der Waals surface area contributed by atoms with Crippen LogP contribution in [-0.2, 0) is 14.8 Å². The summed E-state index contributed by atoms with van der Waals surface area (Å²) in [5, 5.41) is 2.66. The summed E-state index contributed by atoms with van der Waals surface area (Å²) in [6.45, 7) is 0.889. The van der Waals surface area contributed by atoms with Crippen molar-refractivity contribution in [2.75, 3.05) is 45.2 Å². The van der Waals surface area contributed by atoms with E-state index in [9.17, 15) is 22.0 Å². The Balaban J connectivity index is 1.60. The van der Waals surface area contributed by atoms with Gasteiger partial charge < -0.3 is 10.1 Å². The topological polar surface area (TPSA) is 79.0 Å². The van der Waals surface area contributed by atoms with Gasteiger partial charge in [-0.2, -0.15) is 4.31 Å². The quantitative estimate of drug-likeness (QED) is 0.718. The van der Waals surface area contributed by atoms with E-state index in [2.05, 4.69) is 5.32 Å². The maximum Gasteiger partial charge on any atom is 0.246 e. The zero-order valence-corrected chi connectivity index (χ0v) is 17.6. The van der Waals surface area contributed by atoms with Gasteiger partial charge in [0, 0.05) is 37.3 Å². The number of methoxy groups -OCH3 is 1. The molecule has 0 spiro atoms. The standard InChI is InChI=1S/C19H20ClF2N3O4S/c1-29-17-5-2-13(20)10-18(17)30(27,28)25-8-6-24(7-9-25)12-19(26)23-16-4-3-14(21)11-15(16)22/h2-5,10-11H,6-9,12H2,1H3,(H,23,26). The molecule has 1 aliphatic rings. The van der Waals surface area contributed by atoms with E-state index < -0.39 is 27.6 Å². The van der Waals surface area contributed by atoms with Gasteiger partial charge in [0.1, 0.15) is 22.3 Å². The Kier molecular flexibility index (Phi) is 6.91. The number of hydrogen-bond acceptors (Lipinski definition) is 5. The molecule has 11 heteroatoms. The van der Waals surface area contributed by atoms with Gasteiger partial charge in [-0.05, 0) is 30.3 Å². The van der Waals surface area contributed by atoms with E-state index in [1.54, 1.807) is 11.0 Å². The number of halogens is 3. The predicted octanol–water partition coefficient (Wildman–Crippen LogP) is 2.57. The maximum atomic E-state index is 13.7. The molecule has 0 saturated carbocycles. The van der Waals surface area contributed by atoms with Crippen LogP contribution in [-0.4, -0.2) is 63.4 Å². The highest BCUT2D eigenvalue weighted by Crippen LogP contribution is 2.30. The molecule has 1 fully saturated rings. The molecule has 0 radical (unpaired) electrons. The molecule has 3 rings (SSSR count). The number of rotatable bonds is 6. The highest BCUT2D eigenvalue weighted by molar-refractivity contribution is 7.89. The smallest absolute Gasteiger partial charge is 0.246 e. The van der Waals surface area contributed by atoms with Crippen molar-refractivity contribution in [1.29, 1.82) is 0 Å². The van der Waals surface area contributed by atoms with Gasteiger partial charge in [-0.1, -0.05) is 11.6 Å². The lowest BCUT2D eigenvalue weighted by Crippen LogP contribution is -2.50. The second-order valence-electron chi connectivity index (χ2n) is 6.65. The van der Waals surface area contributed by atoms with Gasteiger partial charge in [0.25, 0.3) is 0 Å². The summed E-state index contributed by atoms with van der Waals surface area (Å²) in [7, 11) is -2.45. The van der Waals surface area contributed by atoms with E-state index in [4.69, 9.17) is 16.3 Å². The van der Waals surface area contributed by atoms with Crippen LogP contribution in [0.5, 0.6) is 5.75 Å². The lowest BCUT2D eigenvalue weighted by molar-refractivity contribution is -0.117. The summed E-state index contributed by atoms with van der Waals surface area (Å²) < 4.78 is 59.0. The van der Waals surface area contributed by atoms with Gasteiger partial charge >= 0.3 is 0 Å². The molecule has 0 aliphatic carbocycles. The largest absolute Gasteiger partial charge is 0.495 e. The summed E-state index contributed by atoms with van der Waals surface area (Å²) in [5.74, 6) is -1.88. The SMILES string of the molecule is COc1ccc(Cl)cc1S(=O)(=O)N1CCN(CC(=O)Nc2ccc(F)cc2F)CC1. The molecule has 1 saturated heterocycles. The fourth-order valence-corrected chi connectivity index (χ4v) is 4.94. The van der Waals surface area contributed by atoms with Crippen molar-refractivity contribution in [3.63, 3.8) is 0 Å². The van der Waals surface area contributed by atoms with Gasteiger partial charge in [0.05, 0.1) is 19.3 Å². The molecule has 1 N–H and O–H groups in total. The van der Waals surface area contributed by atoms with E-state index in [1.807, 2.05) is 0 Å². The summed E-state index contributed by atoms with van der Waals surface area (Å²) >= 11 is 5.95. The second-order valence-corrected chi connectivity index (χ2v) is 8.99. The molecule has 1 heterocycles. The Morgan fingerprint density at radius 2 is 1.83 bits per heavy atom. The minimum atomic E-state index is -3.83. The third-order valence-corrected chi connectivity index (χ3v) is 6.80. The summed E-state index contributed by atoms with van der Waals surface area (Å²) in [6, 6.07) is 7.25. The average molecular weight is 460 g/mol. The van der Waals surface area contributed by atoms with Crippen LogP contribution >= 0.6 is 11.6 Å². The number of ether oxygens (including phenoxy) is 1. The Labute approximate surface area is 178 Å². The Hall–Kier alpha value is -2.27. The molecule has 30 heavy (non-hydrogen) atoms. The average Bonchev–Trinajstić information content (AvgIpc) is 2.70. The van der Waals surface area contributed by atoms with Crippen LogP contribution in [0.4, 0.5) is 14.5 Å². The molecule has 1 aliphatic heterocycles. The number of carbonyl (C=O) groups is 1. The van der Waals surface area contributed by atoms with Crippen molar-refractivity contribution >= 4 is 33.2 Å². The first kappa shape index (κ1) is 22.4. The molecule has 0 aromatic heterocycles. The fourth-order valence-electron chi connectivity index (χ4n) is 3.10. The highest BCUT2D eigenvalue weighted by atomic mass is 35.5. The van der Waals surface area contributed by atoms with Gasteiger partial charge in [-0.15, -0.1) is 0 Å². The number of carbonyl (C=O) groups excluding carboxylic acids is 1. The minimum absolute atomic E-state index is 0.0181. The van der Waals surface area contributed by atoms with Crippen molar-refractivity contribution in [2.45, 2.75) is 4.90 Å². The first-order valence-corrected chi connectivity index (χ1v) is 10.8. The number of nitrogens with zero attached hydrogens (tertiary/aromatic N) is 2. The molecular weight excluding hydrogens is 440 g/mol. The van der Waals surface area contributed by atoms with Crippen molar-refractivity contribution in [2.24, 2.45) is 0 Å². The third-order valence-electron chi connectivity index (χ3n) is 4.65. The van der Waals surface area contributed by atoms with Gasteiger partial charge in [-0.25, -0.2) is 17.2 Å². The third kappa shape index (κ3) is 5.07. The number of piperazine rings is 1. The minimum Gasteiger partial charge on any atom is -0.495 e. The molecule has 0 unspecified atom stereocenters. The van der Waals surface area contributed by atoms with Crippen LogP contribution in [0.25, 0.3) is 0 Å². The van der Waals surface area contributed by atoms with Crippen molar-refractivity contribution in [3.8, 4) is 5.75 Å². The van der Waals surface area contributed by atoms with Gasteiger partial charge in [0.15, 0.2) is 0 Å². The summed E-state index contributed by atoms with van der Waals surface area (Å²) in [4.78, 5) is 13.9. The second kappa shape index (κ2) is 9.25. The summed E-state index contributed by atoms with van der Waals surface area (Å²) in [6.07, 6.45) is 0. The van der Waals surface area contributed by atoms with Crippen LogP contribution in [0.15, 0.2) is 41.3 Å². The molecule has 2 aromatic rings. The number of amides is 1. The summed E-state index contributed by atoms with van der Waals surface area (Å²) in [5.41, 5.74) is -0.115. The number of anilines is 1. The predicted molar refractivity (Wildman–Crippen MR) is 108 cm³/mol. The molecule has 162 valence electrons. The number of nitrogens with one attached hydrogen (secondary N) is 1. The Morgan fingerprint density at radius 1 is 1.13 bits per heavy atom. The van der Waals surface area contributed by atoms with E-state index in [1.165, 1.54) is 23.5 Å². The van der Waals surface area contributed by atoms with Crippen molar-refractivity contribution in [1.82, 2.24) is 9.21 Å². The highest BCUT2D eigenvalue weighted by Gasteiger charge is 2.31. The fraction of sp³-hybridized carbons (Fsp3) is 0.316. The molecule has 7 nitrogen and oxygen atoms in total. The van der Waals surface area contributed by atoms with E-state index in [0.717, 1.165) is 12.1 Å². The van der Waals surface area contributed by atoms with Crippen LogP contribution in [0, 0.1) is 11.6 Å². The normalized spacial score (nSPS) is 15.7. The molecule has 0 bridgehead atoms. The van der Waals surface area contributed by atoms with Crippen molar-refractivity contribution < 1.29 is 26.7 Å². The first-order chi connectivity index (χ1) is 14.2. The molecular formula is C19H20ClF2N3O4S. The Morgan fingerprint density at radius 3 is 2.47 bits per heavy atom. The lowest BCUT2D eigenvalue weighted by atomic mass is 10.3. The molecule has 2 aromatic carbocycles. The number of hydrogen-bond donors (Lipinski definition) is 1. The van der Waals surface area contributed by atoms with E-state index >= 15 is 0 Å². The monoisotopic (exact) mass is 459 g/mol. The lowest BCUT2D eigenvalue weighted by Gasteiger charge is -2.33. The Bertz CT molecular complexity index is 1040. The van der Waals surface area contributed by atoms with Crippen molar-refractivity contribution in [3.05, 3.63) is 53.1 Å². The maximum absolute atomic E-state index is 13.7. The van der Waals surface area contributed by atoms with Crippen LogP contribution in [0.2, 0.25) is 5.02 Å². The zero-order valence-electron chi connectivity index (χ0n) is 16.1. The van der Waals surface area contributed by atoms with Crippen LogP contribution in [0.3, 0.4) is 0 Å². The first-order valence-electron chi connectivity index (χ1n) is 9.01. The molecule has 1 amide bonds. The number of benzene rings is 2. The van der Waals surface area contributed by atoms with E-state index in [-0.39, 0.29) is 41.0 Å². The van der Waals surface area contributed by atoms with Gasteiger partial charge in [0.2, 0.25) is 15.9 Å². The van der Waals surface area contributed by atoms with Crippen LogP contribution < -0.4 is 10.1 Å². The zero-order chi connectivity index (χ0) is 21.9. The van der Waals surface area contributed by atoms with Crippen LogP contribution in [0.1, 0.15) is 0 Å². The molecule has 0 atom stereocenters. The van der Waals surface area contributed by atoms with E-state index in [0.29, 0.717) is 19.2 Å². The van der Waals surface area contributed by atoms with Gasteiger partial charge in [-0.3, -0.25) is 9.69 Å².